The highest BCUT2D eigenvalue weighted by Gasteiger charge is 2.16. The molecule has 11 heavy (non-hydrogen) atoms. The summed E-state index contributed by atoms with van der Waals surface area (Å²) >= 11 is 5.22. The molecule has 0 atom stereocenters. The molecule has 1 rings (SSSR count). The SMILES string of the molecule is O=[N+]([O-])c1cncc(Cl)c1F. The quantitative estimate of drug-likeness (QED) is 0.484. The summed E-state index contributed by atoms with van der Waals surface area (Å²) < 4.78 is 12.6. The molecule has 6 heteroatoms. The maximum Gasteiger partial charge on any atom is 0.324 e. The van der Waals surface area contributed by atoms with Gasteiger partial charge in [0, 0.05) is 6.20 Å². The van der Waals surface area contributed by atoms with Crippen LogP contribution in [0.25, 0.3) is 0 Å². The molecule has 0 aliphatic rings. The molecular weight excluding hydrogens is 175 g/mol. The van der Waals surface area contributed by atoms with Gasteiger partial charge in [0.2, 0.25) is 5.82 Å². The van der Waals surface area contributed by atoms with E-state index in [-0.39, 0.29) is 5.02 Å². The number of hydrogen-bond acceptors (Lipinski definition) is 3. The van der Waals surface area contributed by atoms with Gasteiger partial charge >= 0.3 is 5.69 Å². The second-order valence-electron chi connectivity index (χ2n) is 1.71. The molecule has 0 N–H and O–H groups in total. The predicted molar refractivity (Wildman–Crippen MR) is 35.9 cm³/mol. The zero-order valence-corrected chi connectivity index (χ0v) is 5.88. The normalized spacial score (nSPS) is 9.64. The summed E-state index contributed by atoms with van der Waals surface area (Å²) in [5.41, 5.74) is -0.711. The van der Waals surface area contributed by atoms with Gasteiger partial charge in [-0.3, -0.25) is 15.1 Å². The Bertz CT molecular complexity index is 305. The predicted octanol–water partition coefficient (Wildman–Crippen LogP) is 1.78. The summed E-state index contributed by atoms with van der Waals surface area (Å²) in [6, 6.07) is 0. The Labute approximate surface area is 65.8 Å². The lowest BCUT2D eigenvalue weighted by Gasteiger charge is -1.92. The van der Waals surface area contributed by atoms with E-state index in [1.165, 1.54) is 0 Å². The van der Waals surface area contributed by atoms with E-state index in [0.29, 0.717) is 0 Å². The molecule has 0 fully saturated rings. The van der Waals surface area contributed by atoms with Gasteiger partial charge in [0.15, 0.2) is 0 Å². The van der Waals surface area contributed by atoms with E-state index in [2.05, 4.69) is 4.98 Å². The minimum atomic E-state index is -1.05. The number of nitro groups is 1. The van der Waals surface area contributed by atoms with Crippen molar-refractivity contribution in [3.63, 3.8) is 0 Å². The summed E-state index contributed by atoms with van der Waals surface area (Å²) in [5, 5.41) is 9.69. The van der Waals surface area contributed by atoms with Crippen molar-refractivity contribution >= 4 is 17.3 Å². The van der Waals surface area contributed by atoms with E-state index in [0.717, 1.165) is 12.4 Å². The van der Waals surface area contributed by atoms with Crippen LogP contribution in [0.2, 0.25) is 5.02 Å². The van der Waals surface area contributed by atoms with Gasteiger partial charge in [0.1, 0.15) is 11.2 Å². The lowest BCUT2D eigenvalue weighted by molar-refractivity contribution is -0.387. The Hall–Kier alpha value is -1.23. The van der Waals surface area contributed by atoms with E-state index in [9.17, 15) is 14.5 Å². The molecule has 0 saturated heterocycles. The van der Waals surface area contributed by atoms with Gasteiger partial charge < -0.3 is 0 Å². The molecule has 0 amide bonds. The molecule has 0 bridgehead atoms. The molecule has 0 radical (unpaired) electrons. The molecular formula is C5H2ClFN2O2. The van der Waals surface area contributed by atoms with Crippen molar-refractivity contribution in [2.45, 2.75) is 0 Å². The fourth-order valence-electron chi connectivity index (χ4n) is 0.536. The standard InChI is InChI=1S/C5H2ClFN2O2/c6-3-1-8-2-4(5(3)7)9(10)11/h1-2H. The largest absolute Gasteiger partial charge is 0.324 e. The van der Waals surface area contributed by atoms with E-state index >= 15 is 0 Å². The van der Waals surface area contributed by atoms with Gasteiger partial charge in [-0.15, -0.1) is 0 Å². The molecule has 0 aromatic carbocycles. The van der Waals surface area contributed by atoms with Crippen molar-refractivity contribution in [1.82, 2.24) is 4.98 Å². The Morgan fingerprint density at radius 2 is 2.27 bits per heavy atom. The maximum absolute atomic E-state index is 12.6. The summed E-state index contributed by atoms with van der Waals surface area (Å²) in [7, 11) is 0. The van der Waals surface area contributed by atoms with Crippen molar-refractivity contribution in [2.24, 2.45) is 0 Å². The number of nitrogens with zero attached hydrogens (tertiary/aromatic N) is 2. The van der Waals surface area contributed by atoms with E-state index < -0.39 is 16.4 Å². The maximum atomic E-state index is 12.6. The highest BCUT2D eigenvalue weighted by molar-refractivity contribution is 6.30. The highest BCUT2D eigenvalue weighted by atomic mass is 35.5. The molecule has 0 aliphatic carbocycles. The molecule has 1 aromatic rings. The zero-order valence-electron chi connectivity index (χ0n) is 5.12. The van der Waals surface area contributed by atoms with E-state index in [1.54, 1.807) is 0 Å². The van der Waals surface area contributed by atoms with Crippen LogP contribution < -0.4 is 0 Å². The van der Waals surface area contributed by atoms with E-state index in [1.807, 2.05) is 0 Å². The fraction of sp³-hybridized carbons (Fsp3) is 0. The highest BCUT2D eigenvalue weighted by Crippen LogP contribution is 2.21. The summed E-state index contributed by atoms with van der Waals surface area (Å²) in [5.74, 6) is -1.05. The van der Waals surface area contributed by atoms with Gasteiger partial charge in [-0.2, -0.15) is 4.39 Å². The average molecular weight is 177 g/mol. The Morgan fingerprint density at radius 3 is 2.73 bits per heavy atom. The zero-order chi connectivity index (χ0) is 8.43. The minimum absolute atomic E-state index is 0.348. The van der Waals surface area contributed by atoms with Crippen LogP contribution in [-0.2, 0) is 0 Å². The number of halogens is 2. The Kier molecular flexibility index (Phi) is 2.00. The van der Waals surface area contributed by atoms with Crippen LogP contribution in [0.3, 0.4) is 0 Å². The van der Waals surface area contributed by atoms with Gasteiger partial charge in [0.05, 0.1) is 4.92 Å². The van der Waals surface area contributed by atoms with Gasteiger partial charge in [0.25, 0.3) is 0 Å². The van der Waals surface area contributed by atoms with E-state index in [4.69, 9.17) is 11.6 Å². The number of aromatic nitrogens is 1. The summed E-state index contributed by atoms with van der Waals surface area (Å²) in [6.07, 6.45) is 1.81. The molecule has 1 heterocycles. The van der Waals surface area contributed by atoms with Crippen molar-refractivity contribution in [2.75, 3.05) is 0 Å². The van der Waals surface area contributed by atoms with Crippen molar-refractivity contribution in [1.29, 1.82) is 0 Å². The third-order valence-corrected chi connectivity index (χ3v) is 1.28. The number of rotatable bonds is 1. The first kappa shape index (κ1) is 7.87. The third kappa shape index (κ3) is 1.43. The van der Waals surface area contributed by atoms with Gasteiger partial charge in [-0.25, -0.2) is 0 Å². The number of pyridine rings is 1. The minimum Gasteiger partial charge on any atom is -0.258 e. The van der Waals surface area contributed by atoms with Crippen molar-refractivity contribution in [3.05, 3.63) is 33.3 Å². The second-order valence-corrected chi connectivity index (χ2v) is 2.12. The Morgan fingerprint density at radius 1 is 1.64 bits per heavy atom. The smallest absolute Gasteiger partial charge is 0.258 e. The first-order valence-corrected chi connectivity index (χ1v) is 2.94. The molecule has 0 saturated carbocycles. The van der Waals surface area contributed by atoms with Crippen molar-refractivity contribution in [3.8, 4) is 0 Å². The molecule has 58 valence electrons. The van der Waals surface area contributed by atoms with Crippen LogP contribution in [0.15, 0.2) is 12.4 Å². The monoisotopic (exact) mass is 176 g/mol. The van der Waals surface area contributed by atoms with Crippen LogP contribution >= 0.6 is 11.6 Å². The lowest BCUT2D eigenvalue weighted by Crippen LogP contribution is -1.93. The first-order chi connectivity index (χ1) is 5.13. The first-order valence-electron chi connectivity index (χ1n) is 2.56. The van der Waals surface area contributed by atoms with Gasteiger partial charge in [-0.1, -0.05) is 11.6 Å². The van der Waals surface area contributed by atoms with Gasteiger partial charge in [-0.05, 0) is 0 Å². The summed E-state index contributed by atoms with van der Waals surface area (Å²) in [6.45, 7) is 0. The number of hydrogen-bond donors (Lipinski definition) is 0. The second kappa shape index (κ2) is 2.79. The van der Waals surface area contributed by atoms with Crippen LogP contribution in [0.5, 0.6) is 0 Å². The van der Waals surface area contributed by atoms with Crippen LogP contribution in [-0.4, -0.2) is 9.91 Å². The van der Waals surface area contributed by atoms with Crippen LogP contribution in [0.1, 0.15) is 0 Å². The Balaban J connectivity index is 3.27. The molecule has 0 spiro atoms. The van der Waals surface area contributed by atoms with Crippen LogP contribution in [0.4, 0.5) is 10.1 Å². The topological polar surface area (TPSA) is 56.0 Å². The van der Waals surface area contributed by atoms with Crippen LogP contribution in [0, 0.1) is 15.9 Å². The third-order valence-electron chi connectivity index (χ3n) is 1.02. The molecule has 4 nitrogen and oxygen atoms in total. The van der Waals surface area contributed by atoms with Crippen molar-refractivity contribution < 1.29 is 9.31 Å². The summed E-state index contributed by atoms with van der Waals surface area (Å²) in [4.78, 5) is 12.5. The molecule has 0 aliphatic heterocycles. The fourth-order valence-corrected chi connectivity index (χ4v) is 0.689. The molecule has 0 unspecified atom stereocenters. The molecule has 1 aromatic heterocycles. The lowest BCUT2D eigenvalue weighted by atomic mass is 10.4. The average Bonchev–Trinajstić information content (AvgIpc) is 1.94.